The summed E-state index contributed by atoms with van der Waals surface area (Å²) in [5, 5.41) is 5.08. The van der Waals surface area contributed by atoms with Crippen molar-refractivity contribution in [3.63, 3.8) is 0 Å². The van der Waals surface area contributed by atoms with Crippen LogP contribution in [0, 0.1) is 0 Å². The van der Waals surface area contributed by atoms with E-state index in [1.807, 2.05) is 6.92 Å². The maximum Gasteiger partial charge on any atom is 0.306 e. The lowest BCUT2D eigenvalue weighted by molar-refractivity contribution is -0.147. The highest BCUT2D eigenvalue weighted by Crippen LogP contribution is 2.09. The Kier molecular flexibility index (Phi) is 6.22. The topological polar surface area (TPSA) is 84.5 Å². The molecule has 108 valence electrons. The Morgan fingerprint density at radius 2 is 1.80 bits per heavy atom. The minimum Gasteiger partial charge on any atom is -0.456 e. The third kappa shape index (κ3) is 5.09. The van der Waals surface area contributed by atoms with Crippen molar-refractivity contribution in [3.05, 3.63) is 29.8 Å². The Balaban J connectivity index is 2.46. The van der Waals surface area contributed by atoms with Gasteiger partial charge in [0.15, 0.2) is 6.61 Å². The number of benzene rings is 1. The van der Waals surface area contributed by atoms with Crippen molar-refractivity contribution < 1.29 is 19.1 Å². The van der Waals surface area contributed by atoms with Crippen LogP contribution >= 0.6 is 0 Å². The summed E-state index contributed by atoms with van der Waals surface area (Å²) < 4.78 is 4.78. The van der Waals surface area contributed by atoms with Crippen LogP contribution in [0.25, 0.3) is 0 Å². The average molecular weight is 278 g/mol. The normalized spacial score (nSPS) is 9.70. The summed E-state index contributed by atoms with van der Waals surface area (Å²) >= 11 is 0. The molecule has 2 N–H and O–H groups in total. The van der Waals surface area contributed by atoms with Crippen LogP contribution in [0.1, 0.15) is 30.1 Å². The second-order valence-electron chi connectivity index (χ2n) is 4.12. The molecule has 0 aliphatic carbocycles. The zero-order valence-corrected chi connectivity index (χ0v) is 11.6. The summed E-state index contributed by atoms with van der Waals surface area (Å²) in [6, 6.07) is 6.40. The maximum absolute atomic E-state index is 11.5. The molecule has 1 aromatic rings. The monoisotopic (exact) mass is 278 g/mol. The molecule has 0 bridgehead atoms. The fourth-order valence-corrected chi connectivity index (χ4v) is 1.47. The number of carbonyl (C=O) groups is 3. The van der Waals surface area contributed by atoms with Crippen molar-refractivity contribution in [2.75, 3.05) is 19.0 Å². The molecule has 6 nitrogen and oxygen atoms in total. The predicted molar refractivity (Wildman–Crippen MR) is 74.3 cm³/mol. The molecule has 20 heavy (non-hydrogen) atoms. The van der Waals surface area contributed by atoms with Crippen LogP contribution in [0.3, 0.4) is 0 Å². The van der Waals surface area contributed by atoms with E-state index in [1.165, 1.54) is 0 Å². The summed E-state index contributed by atoms with van der Waals surface area (Å²) in [5.74, 6) is -1.00. The van der Waals surface area contributed by atoms with Crippen LogP contribution < -0.4 is 10.6 Å². The van der Waals surface area contributed by atoms with E-state index in [2.05, 4.69) is 10.6 Å². The van der Waals surface area contributed by atoms with Gasteiger partial charge in [0.1, 0.15) is 0 Å². The van der Waals surface area contributed by atoms with E-state index in [1.54, 1.807) is 31.3 Å². The van der Waals surface area contributed by atoms with Crippen molar-refractivity contribution in [1.29, 1.82) is 0 Å². The van der Waals surface area contributed by atoms with Gasteiger partial charge in [-0.25, -0.2) is 0 Å². The number of hydrogen-bond donors (Lipinski definition) is 2. The van der Waals surface area contributed by atoms with Gasteiger partial charge in [-0.2, -0.15) is 0 Å². The molecule has 0 fully saturated rings. The van der Waals surface area contributed by atoms with Gasteiger partial charge in [0.2, 0.25) is 0 Å². The van der Waals surface area contributed by atoms with Gasteiger partial charge in [-0.3, -0.25) is 14.4 Å². The smallest absolute Gasteiger partial charge is 0.306 e. The highest BCUT2D eigenvalue weighted by molar-refractivity contribution is 5.96. The minimum absolute atomic E-state index is 0.198. The number of amides is 2. The van der Waals surface area contributed by atoms with Crippen molar-refractivity contribution in [3.8, 4) is 0 Å². The quantitative estimate of drug-likeness (QED) is 0.769. The summed E-state index contributed by atoms with van der Waals surface area (Å²) in [6.07, 6.45) is 0.982. The number of anilines is 1. The van der Waals surface area contributed by atoms with Crippen molar-refractivity contribution in [2.24, 2.45) is 0 Å². The van der Waals surface area contributed by atoms with Crippen LogP contribution in [0.15, 0.2) is 24.3 Å². The number of hydrogen-bond acceptors (Lipinski definition) is 4. The van der Waals surface area contributed by atoms with Crippen LogP contribution in [0.2, 0.25) is 0 Å². The van der Waals surface area contributed by atoms with Gasteiger partial charge >= 0.3 is 5.97 Å². The third-order valence-corrected chi connectivity index (χ3v) is 2.48. The van der Waals surface area contributed by atoms with Crippen LogP contribution in [-0.2, 0) is 14.3 Å². The zero-order valence-electron chi connectivity index (χ0n) is 11.6. The molecular formula is C14H18N2O4. The van der Waals surface area contributed by atoms with E-state index >= 15 is 0 Å². The lowest BCUT2D eigenvalue weighted by atomic mass is 10.2. The zero-order chi connectivity index (χ0) is 15.0. The molecule has 1 aromatic carbocycles. The first kappa shape index (κ1) is 15.7. The molecule has 1 rings (SSSR count). The molecule has 0 aliphatic heterocycles. The fourth-order valence-electron chi connectivity index (χ4n) is 1.47. The standard InChI is InChI=1S/C14H18N2O4/c1-3-4-13(18)20-9-12(17)16-11-7-5-10(6-8-11)14(19)15-2/h5-8H,3-4,9H2,1-2H3,(H,15,19)(H,16,17). The molecule has 0 heterocycles. The van der Waals surface area contributed by atoms with E-state index in [0.717, 1.165) is 0 Å². The summed E-state index contributed by atoms with van der Waals surface area (Å²) in [6.45, 7) is 1.55. The molecule has 0 saturated heterocycles. The second kappa shape index (κ2) is 7.93. The second-order valence-corrected chi connectivity index (χ2v) is 4.12. The molecule has 0 radical (unpaired) electrons. The van der Waals surface area contributed by atoms with Gasteiger partial charge in [0, 0.05) is 24.7 Å². The van der Waals surface area contributed by atoms with Gasteiger partial charge in [-0.15, -0.1) is 0 Å². The SMILES string of the molecule is CCCC(=O)OCC(=O)Nc1ccc(C(=O)NC)cc1. The van der Waals surface area contributed by atoms with E-state index in [4.69, 9.17) is 4.74 Å². The highest BCUT2D eigenvalue weighted by atomic mass is 16.5. The Hall–Kier alpha value is -2.37. The lowest BCUT2D eigenvalue weighted by Gasteiger charge is -2.07. The molecule has 0 saturated carbocycles. The largest absolute Gasteiger partial charge is 0.456 e. The predicted octanol–water partition coefficient (Wildman–Crippen LogP) is 1.33. The summed E-state index contributed by atoms with van der Waals surface area (Å²) in [5.41, 5.74) is 1.04. The molecule has 6 heteroatoms. The fraction of sp³-hybridized carbons (Fsp3) is 0.357. The Bertz CT molecular complexity index is 482. The Morgan fingerprint density at radius 3 is 2.35 bits per heavy atom. The van der Waals surface area contributed by atoms with Gasteiger partial charge in [0.25, 0.3) is 11.8 Å². The third-order valence-electron chi connectivity index (χ3n) is 2.48. The summed E-state index contributed by atoms with van der Waals surface area (Å²) in [7, 11) is 1.54. The first-order chi connectivity index (χ1) is 9.56. The van der Waals surface area contributed by atoms with E-state index < -0.39 is 11.9 Å². The van der Waals surface area contributed by atoms with E-state index in [-0.39, 0.29) is 12.5 Å². The summed E-state index contributed by atoms with van der Waals surface area (Å²) in [4.78, 5) is 34.0. The van der Waals surface area contributed by atoms with E-state index in [9.17, 15) is 14.4 Å². The number of rotatable bonds is 6. The van der Waals surface area contributed by atoms with Crippen molar-refractivity contribution >= 4 is 23.5 Å². The molecule has 0 spiro atoms. The number of nitrogens with one attached hydrogen (secondary N) is 2. The molecule has 0 aliphatic rings. The van der Waals surface area contributed by atoms with Gasteiger partial charge < -0.3 is 15.4 Å². The van der Waals surface area contributed by atoms with E-state index in [0.29, 0.717) is 24.1 Å². The van der Waals surface area contributed by atoms with Crippen molar-refractivity contribution in [2.45, 2.75) is 19.8 Å². The van der Waals surface area contributed by atoms with Gasteiger partial charge in [0.05, 0.1) is 0 Å². The maximum atomic E-state index is 11.5. The Morgan fingerprint density at radius 1 is 1.15 bits per heavy atom. The molecular weight excluding hydrogens is 260 g/mol. The first-order valence-corrected chi connectivity index (χ1v) is 6.34. The Labute approximate surface area is 117 Å². The average Bonchev–Trinajstić information content (AvgIpc) is 2.45. The number of esters is 1. The number of ether oxygens (including phenoxy) is 1. The lowest BCUT2D eigenvalue weighted by Crippen LogP contribution is -2.21. The minimum atomic E-state index is -0.415. The molecule has 0 atom stereocenters. The number of carbonyl (C=O) groups excluding carboxylic acids is 3. The van der Waals surface area contributed by atoms with Crippen molar-refractivity contribution in [1.82, 2.24) is 5.32 Å². The van der Waals surface area contributed by atoms with Crippen LogP contribution in [0.5, 0.6) is 0 Å². The molecule has 0 unspecified atom stereocenters. The van der Waals surface area contributed by atoms with Crippen LogP contribution in [0.4, 0.5) is 5.69 Å². The molecule has 2 amide bonds. The van der Waals surface area contributed by atoms with Gasteiger partial charge in [-0.05, 0) is 30.7 Å². The first-order valence-electron chi connectivity index (χ1n) is 6.34. The van der Waals surface area contributed by atoms with Crippen LogP contribution in [-0.4, -0.2) is 31.4 Å². The van der Waals surface area contributed by atoms with Gasteiger partial charge in [-0.1, -0.05) is 6.92 Å². The highest BCUT2D eigenvalue weighted by Gasteiger charge is 2.08. The molecule has 0 aromatic heterocycles.